The molecule has 0 atom stereocenters. The minimum absolute atomic E-state index is 0.608. The summed E-state index contributed by atoms with van der Waals surface area (Å²) in [6, 6.07) is 0. The van der Waals surface area contributed by atoms with Gasteiger partial charge >= 0.3 is 0 Å². The van der Waals surface area contributed by atoms with E-state index in [1.165, 1.54) is 12.8 Å². The maximum atomic E-state index is 4.38. The van der Waals surface area contributed by atoms with Gasteiger partial charge in [-0.25, -0.2) is 9.97 Å². The monoisotopic (exact) mass is 224 g/mol. The van der Waals surface area contributed by atoms with Crippen molar-refractivity contribution in [3.63, 3.8) is 0 Å². The minimum Gasteiger partial charge on any atom is -0.240 e. The summed E-state index contributed by atoms with van der Waals surface area (Å²) in [4.78, 5) is 8.62. The molecule has 1 heterocycles. The summed E-state index contributed by atoms with van der Waals surface area (Å²) >= 11 is 3.36. The molecule has 1 fully saturated rings. The van der Waals surface area contributed by atoms with Crippen LogP contribution in [0.15, 0.2) is 17.2 Å². The summed E-state index contributed by atoms with van der Waals surface area (Å²) in [5, 5.41) is 0. The van der Waals surface area contributed by atoms with E-state index in [0.717, 1.165) is 16.0 Å². The molecule has 1 saturated carbocycles. The number of nitrogens with zero attached hydrogens (tertiary/aromatic N) is 2. The molecule has 2 rings (SSSR count). The topological polar surface area (TPSA) is 25.8 Å². The van der Waals surface area contributed by atoms with Crippen LogP contribution in [0.25, 0.3) is 6.08 Å². The Morgan fingerprint density at radius 1 is 1.58 bits per heavy atom. The van der Waals surface area contributed by atoms with Gasteiger partial charge in [-0.3, -0.25) is 0 Å². The minimum atomic E-state index is 0.608. The van der Waals surface area contributed by atoms with Gasteiger partial charge in [-0.2, -0.15) is 0 Å². The number of hydrogen-bond acceptors (Lipinski definition) is 2. The lowest BCUT2D eigenvalue weighted by atomic mass is 10.3. The van der Waals surface area contributed by atoms with Crippen LogP contribution in [0.3, 0.4) is 0 Å². The van der Waals surface area contributed by atoms with E-state index < -0.39 is 0 Å². The lowest BCUT2D eigenvalue weighted by Gasteiger charge is -1.99. The molecule has 1 aromatic heterocycles. The molecule has 0 aromatic carbocycles. The van der Waals surface area contributed by atoms with Crippen molar-refractivity contribution in [1.82, 2.24) is 9.97 Å². The van der Waals surface area contributed by atoms with Crippen LogP contribution in [0.5, 0.6) is 0 Å². The second kappa shape index (κ2) is 2.98. The molecular formula is C9H9BrN2. The van der Waals surface area contributed by atoms with Gasteiger partial charge in [0.1, 0.15) is 5.82 Å². The average molecular weight is 225 g/mol. The maximum Gasteiger partial charge on any atom is 0.132 e. The average Bonchev–Trinajstić information content (AvgIpc) is 2.88. The SMILES string of the molecule is C=Cc1nc(C2CC2)ncc1Br. The molecule has 1 aliphatic rings. The summed E-state index contributed by atoms with van der Waals surface area (Å²) in [6.45, 7) is 3.69. The highest BCUT2D eigenvalue weighted by atomic mass is 79.9. The Kier molecular flexibility index (Phi) is 1.97. The Morgan fingerprint density at radius 2 is 2.33 bits per heavy atom. The highest BCUT2D eigenvalue weighted by molar-refractivity contribution is 9.10. The summed E-state index contributed by atoms with van der Waals surface area (Å²) in [7, 11) is 0. The third-order valence-corrected chi connectivity index (χ3v) is 2.54. The van der Waals surface area contributed by atoms with E-state index in [0.29, 0.717) is 5.92 Å². The third kappa shape index (κ3) is 1.41. The standard InChI is InChI=1S/C9H9BrN2/c1-2-8-7(10)5-11-9(12-8)6-3-4-6/h2,5-6H,1,3-4H2. The smallest absolute Gasteiger partial charge is 0.132 e. The fourth-order valence-electron chi connectivity index (χ4n) is 1.08. The molecule has 0 aliphatic heterocycles. The second-order valence-electron chi connectivity index (χ2n) is 2.94. The predicted molar refractivity (Wildman–Crippen MR) is 51.8 cm³/mol. The predicted octanol–water partition coefficient (Wildman–Crippen LogP) is 2.76. The zero-order chi connectivity index (χ0) is 8.55. The van der Waals surface area contributed by atoms with Gasteiger partial charge in [0, 0.05) is 12.1 Å². The molecule has 3 heteroatoms. The van der Waals surface area contributed by atoms with Gasteiger partial charge in [-0.05, 0) is 34.8 Å². The molecule has 0 spiro atoms. The number of hydrogen-bond donors (Lipinski definition) is 0. The molecule has 62 valence electrons. The van der Waals surface area contributed by atoms with E-state index in [1.807, 2.05) is 0 Å². The highest BCUT2D eigenvalue weighted by Gasteiger charge is 2.26. The van der Waals surface area contributed by atoms with Crippen molar-refractivity contribution in [2.45, 2.75) is 18.8 Å². The van der Waals surface area contributed by atoms with Crippen LogP contribution in [0.4, 0.5) is 0 Å². The van der Waals surface area contributed by atoms with E-state index in [2.05, 4.69) is 32.5 Å². The van der Waals surface area contributed by atoms with Gasteiger partial charge in [0.05, 0.1) is 10.2 Å². The van der Waals surface area contributed by atoms with Gasteiger partial charge in [0.2, 0.25) is 0 Å². The first-order chi connectivity index (χ1) is 5.81. The van der Waals surface area contributed by atoms with Crippen LogP contribution in [-0.4, -0.2) is 9.97 Å². The van der Waals surface area contributed by atoms with Gasteiger partial charge in [0.15, 0.2) is 0 Å². The first kappa shape index (κ1) is 7.92. The van der Waals surface area contributed by atoms with Crippen molar-refractivity contribution in [3.05, 3.63) is 28.8 Å². The normalized spacial score (nSPS) is 16.1. The van der Waals surface area contributed by atoms with Gasteiger partial charge in [-0.1, -0.05) is 6.58 Å². The Bertz CT molecular complexity index is 318. The van der Waals surface area contributed by atoms with Crippen LogP contribution in [0.2, 0.25) is 0 Å². The maximum absolute atomic E-state index is 4.38. The van der Waals surface area contributed by atoms with Crippen LogP contribution >= 0.6 is 15.9 Å². The van der Waals surface area contributed by atoms with Crippen molar-refractivity contribution in [2.24, 2.45) is 0 Å². The Morgan fingerprint density at radius 3 is 2.92 bits per heavy atom. The third-order valence-electron chi connectivity index (χ3n) is 1.93. The molecule has 0 amide bonds. The van der Waals surface area contributed by atoms with Crippen LogP contribution < -0.4 is 0 Å². The van der Waals surface area contributed by atoms with Crippen molar-refractivity contribution in [2.75, 3.05) is 0 Å². The Balaban J connectivity index is 2.39. The molecule has 2 nitrogen and oxygen atoms in total. The fraction of sp³-hybridized carbons (Fsp3) is 0.333. The van der Waals surface area contributed by atoms with Crippen LogP contribution in [0, 0.1) is 0 Å². The number of rotatable bonds is 2. The quantitative estimate of drug-likeness (QED) is 0.773. The lowest BCUT2D eigenvalue weighted by Crippen LogP contribution is -1.94. The van der Waals surface area contributed by atoms with Crippen molar-refractivity contribution >= 4 is 22.0 Å². The zero-order valence-corrected chi connectivity index (χ0v) is 8.21. The number of halogens is 1. The van der Waals surface area contributed by atoms with Crippen LogP contribution in [-0.2, 0) is 0 Å². The van der Waals surface area contributed by atoms with E-state index >= 15 is 0 Å². The molecule has 0 N–H and O–H groups in total. The second-order valence-corrected chi connectivity index (χ2v) is 3.79. The Hall–Kier alpha value is -0.700. The van der Waals surface area contributed by atoms with E-state index in [1.54, 1.807) is 12.3 Å². The largest absolute Gasteiger partial charge is 0.240 e. The lowest BCUT2D eigenvalue weighted by molar-refractivity contribution is 0.916. The summed E-state index contributed by atoms with van der Waals surface area (Å²) in [6.07, 6.45) is 6.02. The zero-order valence-electron chi connectivity index (χ0n) is 6.63. The van der Waals surface area contributed by atoms with E-state index in [9.17, 15) is 0 Å². The number of aromatic nitrogens is 2. The summed E-state index contributed by atoms with van der Waals surface area (Å²) in [5.41, 5.74) is 0.895. The van der Waals surface area contributed by atoms with Crippen molar-refractivity contribution in [3.8, 4) is 0 Å². The van der Waals surface area contributed by atoms with Gasteiger partial charge in [-0.15, -0.1) is 0 Å². The molecule has 12 heavy (non-hydrogen) atoms. The van der Waals surface area contributed by atoms with E-state index in [-0.39, 0.29) is 0 Å². The van der Waals surface area contributed by atoms with E-state index in [4.69, 9.17) is 0 Å². The molecule has 0 bridgehead atoms. The summed E-state index contributed by atoms with van der Waals surface area (Å²) < 4.78 is 0.918. The fourth-order valence-corrected chi connectivity index (χ4v) is 1.43. The van der Waals surface area contributed by atoms with Gasteiger partial charge in [0.25, 0.3) is 0 Å². The Labute approximate surface area is 79.9 Å². The molecule has 1 aromatic rings. The van der Waals surface area contributed by atoms with Crippen molar-refractivity contribution < 1.29 is 0 Å². The molecule has 1 aliphatic carbocycles. The van der Waals surface area contributed by atoms with Crippen LogP contribution in [0.1, 0.15) is 30.3 Å². The molecular weight excluding hydrogens is 216 g/mol. The van der Waals surface area contributed by atoms with Gasteiger partial charge < -0.3 is 0 Å². The van der Waals surface area contributed by atoms with Crippen molar-refractivity contribution in [1.29, 1.82) is 0 Å². The molecule has 0 saturated heterocycles. The molecule has 0 radical (unpaired) electrons. The first-order valence-electron chi connectivity index (χ1n) is 3.96. The first-order valence-corrected chi connectivity index (χ1v) is 4.75. The summed E-state index contributed by atoms with van der Waals surface area (Å²) in [5.74, 6) is 1.57. The molecule has 0 unspecified atom stereocenters. The highest BCUT2D eigenvalue weighted by Crippen LogP contribution is 2.38.